The van der Waals surface area contributed by atoms with Crippen molar-refractivity contribution in [3.05, 3.63) is 11.6 Å². The van der Waals surface area contributed by atoms with Crippen molar-refractivity contribution in [2.45, 2.75) is 26.4 Å². The van der Waals surface area contributed by atoms with Crippen LogP contribution in [0, 0.1) is 12.3 Å². The molecule has 0 aromatic heterocycles. The number of rotatable bonds is 2. The summed E-state index contributed by atoms with van der Waals surface area (Å²) in [4.78, 5) is 0. The number of hydrogen-bond donors (Lipinski definition) is 1. The van der Waals surface area contributed by atoms with Crippen LogP contribution in [-0.2, 0) is 0 Å². The summed E-state index contributed by atoms with van der Waals surface area (Å²) in [5, 5.41) is 8.95. The van der Waals surface area contributed by atoms with Gasteiger partial charge >= 0.3 is 0 Å². The SMILES string of the molecule is C#C[C@H](O)/C(C)=C\CC. The molecule has 1 N–H and O–H groups in total. The Morgan fingerprint density at radius 3 is 2.78 bits per heavy atom. The van der Waals surface area contributed by atoms with Crippen LogP contribution in [0.15, 0.2) is 11.6 Å². The molecule has 0 aliphatic heterocycles. The zero-order valence-electron chi connectivity index (χ0n) is 5.89. The van der Waals surface area contributed by atoms with Crippen molar-refractivity contribution in [1.82, 2.24) is 0 Å². The lowest BCUT2D eigenvalue weighted by atomic mass is 10.1. The molecule has 1 atom stereocenters. The summed E-state index contributed by atoms with van der Waals surface area (Å²) >= 11 is 0. The summed E-state index contributed by atoms with van der Waals surface area (Å²) in [6, 6.07) is 0. The fourth-order valence-corrected chi connectivity index (χ4v) is 0.565. The first-order valence-corrected chi connectivity index (χ1v) is 3.03. The van der Waals surface area contributed by atoms with E-state index in [-0.39, 0.29) is 0 Å². The molecule has 0 amide bonds. The lowest BCUT2D eigenvalue weighted by Crippen LogP contribution is -2.03. The third-order valence-electron chi connectivity index (χ3n) is 1.12. The number of terminal acetylenes is 1. The first kappa shape index (κ1) is 8.26. The normalized spacial score (nSPS) is 14.7. The number of aliphatic hydroxyl groups excluding tert-OH is 1. The highest BCUT2D eigenvalue weighted by atomic mass is 16.3. The fourth-order valence-electron chi connectivity index (χ4n) is 0.565. The van der Waals surface area contributed by atoms with Gasteiger partial charge in [-0.1, -0.05) is 18.9 Å². The summed E-state index contributed by atoms with van der Waals surface area (Å²) in [5.74, 6) is 2.24. The van der Waals surface area contributed by atoms with Gasteiger partial charge < -0.3 is 5.11 Å². The average Bonchev–Trinajstić information content (AvgIpc) is 1.87. The Kier molecular flexibility index (Phi) is 3.83. The van der Waals surface area contributed by atoms with Crippen LogP contribution in [0.3, 0.4) is 0 Å². The Hall–Kier alpha value is -0.740. The molecule has 1 heteroatoms. The van der Waals surface area contributed by atoms with Crippen molar-refractivity contribution in [3.63, 3.8) is 0 Å². The molecule has 0 bridgehead atoms. The number of hydrogen-bond acceptors (Lipinski definition) is 1. The van der Waals surface area contributed by atoms with Gasteiger partial charge in [-0.15, -0.1) is 6.42 Å². The van der Waals surface area contributed by atoms with Gasteiger partial charge in [0.2, 0.25) is 0 Å². The van der Waals surface area contributed by atoms with Crippen molar-refractivity contribution in [2.24, 2.45) is 0 Å². The first-order valence-electron chi connectivity index (χ1n) is 3.03. The summed E-state index contributed by atoms with van der Waals surface area (Å²) in [7, 11) is 0. The van der Waals surface area contributed by atoms with E-state index in [2.05, 4.69) is 5.92 Å². The predicted octanol–water partition coefficient (Wildman–Crippen LogP) is 1.34. The standard InChI is InChI=1S/C8H12O/c1-4-6-7(3)8(9)5-2/h2,6,8-9H,4H2,1,3H3/b7-6-/t8-/m0/s1. The summed E-state index contributed by atoms with van der Waals surface area (Å²) in [6.07, 6.45) is 7.11. The van der Waals surface area contributed by atoms with Gasteiger partial charge in [-0.25, -0.2) is 0 Å². The van der Waals surface area contributed by atoms with Crippen molar-refractivity contribution in [3.8, 4) is 12.3 Å². The molecule has 0 heterocycles. The molecule has 9 heavy (non-hydrogen) atoms. The highest BCUT2D eigenvalue weighted by Gasteiger charge is 1.97. The molecular formula is C8H12O. The lowest BCUT2D eigenvalue weighted by molar-refractivity contribution is 0.268. The van der Waals surface area contributed by atoms with Crippen LogP contribution >= 0.6 is 0 Å². The molecule has 0 radical (unpaired) electrons. The Balaban J connectivity index is 3.89. The largest absolute Gasteiger partial charge is 0.376 e. The van der Waals surface area contributed by atoms with E-state index in [1.54, 1.807) is 0 Å². The molecule has 0 rings (SSSR count). The Bertz CT molecular complexity index is 139. The van der Waals surface area contributed by atoms with Gasteiger partial charge in [0.05, 0.1) is 0 Å². The minimum atomic E-state index is -0.690. The molecule has 0 fully saturated rings. The van der Waals surface area contributed by atoms with E-state index in [1.807, 2.05) is 19.9 Å². The molecule has 0 aliphatic carbocycles. The predicted molar refractivity (Wildman–Crippen MR) is 38.9 cm³/mol. The molecule has 0 aromatic rings. The van der Waals surface area contributed by atoms with E-state index in [0.717, 1.165) is 12.0 Å². The Morgan fingerprint density at radius 1 is 1.89 bits per heavy atom. The number of aliphatic hydroxyl groups is 1. The zero-order valence-corrected chi connectivity index (χ0v) is 5.89. The Morgan fingerprint density at radius 2 is 2.44 bits per heavy atom. The van der Waals surface area contributed by atoms with Gasteiger partial charge in [0.15, 0.2) is 0 Å². The zero-order chi connectivity index (χ0) is 7.28. The fraction of sp³-hybridized carbons (Fsp3) is 0.500. The minimum Gasteiger partial charge on any atom is -0.376 e. The molecule has 0 saturated carbocycles. The first-order chi connectivity index (χ1) is 4.22. The summed E-state index contributed by atoms with van der Waals surface area (Å²) in [5.41, 5.74) is 0.861. The van der Waals surface area contributed by atoms with Crippen molar-refractivity contribution in [2.75, 3.05) is 0 Å². The van der Waals surface area contributed by atoms with E-state index < -0.39 is 6.10 Å². The molecule has 0 aromatic carbocycles. The second kappa shape index (κ2) is 4.17. The van der Waals surface area contributed by atoms with E-state index in [4.69, 9.17) is 11.5 Å². The second-order valence-electron chi connectivity index (χ2n) is 1.93. The highest BCUT2D eigenvalue weighted by molar-refractivity contribution is 5.15. The van der Waals surface area contributed by atoms with E-state index in [9.17, 15) is 0 Å². The molecular weight excluding hydrogens is 112 g/mol. The Labute approximate surface area is 56.4 Å². The minimum absolute atomic E-state index is 0.690. The quantitative estimate of drug-likeness (QED) is 0.435. The van der Waals surface area contributed by atoms with Crippen LogP contribution in [0.1, 0.15) is 20.3 Å². The van der Waals surface area contributed by atoms with E-state index in [1.165, 1.54) is 0 Å². The summed E-state index contributed by atoms with van der Waals surface area (Å²) < 4.78 is 0. The van der Waals surface area contributed by atoms with Gasteiger partial charge in [0.25, 0.3) is 0 Å². The monoisotopic (exact) mass is 124 g/mol. The van der Waals surface area contributed by atoms with Crippen molar-refractivity contribution >= 4 is 0 Å². The average molecular weight is 124 g/mol. The molecule has 0 unspecified atom stereocenters. The molecule has 50 valence electrons. The third-order valence-corrected chi connectivity index (χ3v) is 1.12. The van der Waals surface area contributed by atoms with E-state index in [0.29, 0.717) is 0 Å². The maximum Gasteiger partial charge on any atom is 0.135 e. The van der Waals surface area contributed by atoms with Gasteiger partial charge in [-0.3, -0.25) is 0 Å². The van der Waals surface area contributed by atoms with E-state index >= 15 is 0 Å². The van der Waals surface area contributed by atoms with Gasteiger partial charge in [-0.2, -0.15) is 0 Å². The molecule has 0 spiro atoms. The van der Waals surface area contributed by atoms with Crippen LogP contribution in [0.25, 0.3) is 0 Å². The number of allylic oxidation sites excluding steroid dienone is 1. The van der Waals surface area contributed by atoms with Crippen LogP contribution in [0.2, 0.25) is 0 Å². The summed E-state index contributed by atoms with van der Waals surface area (Å²) in [6.45, 7) is 3.83. The van der Waals surface area contributed by atoms with Crippen LogP contribution in [0.5, 0.6) is 0 Å². The molecule has 0 aliphatic rings. The molecule has 0 saturated heterocycles. The topological polar surface area (TPSA) is 20.2 Å². The van der Waals surface area contributed by atoms with Crippen molar-refractivity contribution < 1.29 is 5.11 Å². The van der Waals surface area contributed by atoms with Gasteiger partial charge in [-0.05, 0) is 18.9 Å². The van der Waals surface area contributed by atoms with Gasteiger partial charge in [0.1, 0.15) is 6.10 Å². The second-order valence-corrected chi connectivity index (χ2v) is 1.93. The maximum atomic E-state index is 8.95. The molecule has 1 nitrogen and oxygen atoms in total. The van der Waals surface area contributed by atoms with Crippen LogP contribution in [0.4, 0.5) is 0 Å². The lowest BCUT2D eigenvalue weighted by Gasteiger charge is -2.00. The van der Waals surface area contributed by atoms with Gasteiger partial charge in [0, 0.05) is 0 Å². The smallest absolute Gasteiger partial charge is 0.135 e. The van der Waals surface area contributed by atoms with Crippen molar-refractivity contribution in [1.29, 1.82) is 0 Å². The van der Waals surface area contributed by atoms with Crippen LogP contribution < -0.4 is 0 Å². The third kappa shape index (κ3) is 2.94. The van der Waals surface area contributed by atoms with Crippen LogP contribution in [-0.4, -0.2) is 11.2 Å². The highest BCUT2D eigenvalue weighted by Crippen LogP contribution is 2.00. The maximum absolute atomic E-state index is 8.95.